The molecule has 0 atom stereocenters. The fourth-order valence-electron chi connectivity index (χ4n) is 0.723. The van der Waals surface area contributed by atoms with Crippen molar-refractivity contribution in [2.24, 2.45) is 0 Å². The molecule has 0 aliphatic carbocycles. The molecule has 0 aliphatic rings. The first-order valence-electron chi connectivity index (χ1n) is 3.10. The number of nitrogens with zero attached hydrogens (tertiary/aromatic N) is 1. The second-order valence-electron chi connectivity index (χ2n) is 1.92. The molecule has 0 saturated carbocycles. The highest BCUT2D eigenvalue weighted by Gasteiger charge is 2.08. The van der Waals surface area contributed by atoms with Gasteiger partial charge in [0, 0.05) is 5.04 Å². The first kappa shape index (κ1) is 9.77. The third kappa shape index (κ3) is 2.31. The summed E-state index contributed by atoms with van der Waals surface area (Å²) in [6, 6.07) is 4.53. The van der Waals surface area contributed by atoms with Gasteiger partial charge >= 0.3 is 0 Å². The molecule has 0 spiro atoms. The highest BCUT2D eigenvalue weighted by Crippen LogP contribution is 2.34. The van der Waals surface area contributed by atoms with E-state index in [2.05, 4.69) is 19.8 Å². The highest BCUT2D eigenvalue weighted by molar-refractivity contribution is 6.33. The monoisotopic (exact) mass is 201 g/mol. The van der Waals surface area contributed by atoms with Gasteiger partial charge in [-0.3, -0.25) is 0 Å². The Bertz CT molecular complexity index is 336. The molecule has 0 aliphatic heterocycles. The van der Waals surface area contributed by atoms with Gasteiger partial charge in [-0.15, -0.1) is 0 Å². The molecule has 68 valence electrons. The Morgan fingerprint density at radius 2 is 2.23 bits per heavy atom. The summed E-state index contributed by atoms with van der Waals surface area (Å²) in [5.41, 5.74) is 0.0845. The Kier molecular flexibility index (Phi) is 3.49. The molecule has 0 unspecified atom stereocenters. The van der Waals surface area contributed by atoms with E-state index in [0.29, 0.717) is 0 Å². The molecule has 0 saturated heterocycles. The number of benzene rings is 1. The van der Waals surface area contributed by atoms with E-state index >= 15 is 0 Å². The van der Waals surface area contributed by atoms with Crippen LogP contribution in [0.15, 0.2) is 18.2 Å². The quantitative estimate of drug-likeness (QED) is 0.464. The van der Waals surface area contributed by atoms with Crippen molar-refractivity contribution in [3.63, 3.8) is 0 Å². The van der Waals surface area contributed by atoms with Gasteiger partial charge in [0.05, 0.1) is 11.6 Å². The zero-order valence-electron chi connectivity index (χ0n) is 6.23. The molecular weight excluding hydrogens is 198 g/mol. The van der Waals surface area contributed by atoms with Crippen molar-refractivity contribution in [1.82, 2.24) is 0 Å². The first-order valence-corrected chi connectivity index (χ1v) is 3.48. The minimum atomic E-state index is 0.0663. The summed E-state index contributed by atoms with van der Waals surface area (Å²) in [6.45, 7) is 6.76. The largest absolute Gasteiger partial charge is 0.318 e. The van der Waals surface area contributed by atoms with Crippen LogP contribution < -0.4 is 4.89 Å². The minimum Gasteiger partial charge on any atom is -0.318 e. The molecule has 0 heterocycles. The average molecular weight is 202 g/mol. The fraction of sp³-hybridized carbons (Fsp3) is 0. The molecule has 0 radical (unpaired) electrons. The van der Waals surface area contributed by atoms with Crippen molar-refractivity contribution in [2.75, 3.05) is 0 Å². The molecule has 1 rings (SSSR count). The van der Waals surface area contributed by atoms with E-state index in [-0.39, 0.29) is 16.5 Å². The molecule has 6 heteroatoms. The van der Waals surface area contributed by atoms with Crippen LogP contribution in [-0.4, -0.2) is 5.26 Å². The van der Waals surface area contributed by atoms with Crippen LogP contribution in [0.3, 0.4) is 0 Å². The van der Waals surface area contributed by atoms with Gasteiger partial charge in [-0.05, 0) is 11.1 Å². The zero-order chi connectivity index (χ0) is 9.68. The summed E-state index contributed by atoms with van der Waals surface area (Å²) in [4.78, 5) is 7.49. The van der Waals surface area contributed by atoms with Gasteiger partial charge < -0.3 is 4.89 Å². The first-order chi connectivity index (χ1) is 6.29. The van der Waals surface area contributed by atoms with Crippen LogP contribution in [0.4, 0.5) is 5.69 Å². The van der Waals surface area contributed by atoms with Gasteiger partial charge in [0.1, 0.15) is 0 Å². The van der Waals surface area contributed by atoms with Crippen molar-refractivity contribution in [1.29, 1.82) is 0 Å². The van der Waals surface area contributed by atoms with E-state index in [1.807, 2.05) is 0 Å². The van der Waals surface area contributed by atoms with E-state index in [1.54, 1.807) is 6.07 Å². The predicted molar refractivity (Wildman–Crippen MR) is 43.1 cm³/mol. The van der Waals surface area contributed by atoms with E-state index in [1.165, 1.54) is 12.1 Å². The van der Waals surface area contributed by atoms with Crippen LogP contribution in [-0.2, 0) is 10.1 Å². The van der Waals surface area contributed by atoms with E-state index in [9.17, 15) is 0 Å². The molecule has 5 nitrogen and oxygen atoms in total. The Labute approximate surface area is 78.6 Å². The maximum atomic E-state index is 7.80. The normalized spacial score (nSPS) is 9.31. The van der Waals surface area contributed by atoms with Crippen LogP contribution in [0.5, 0.6) is 5.75 Å². The van der Waals surface area contributed by atoms with E-state index in [4.69, 9.17) is 23.4 Å². The summed E-state index contributed by atoms with van der Waals surface area (Å²) in [5, 5.41) is 15.0. The zero-order valence-corrected chi connectivity index (χ0v) is 6.99. The maximum Gasteiger partial charge on any atom is 0.250 e. The third-order valence-electron chi connectivity index (χ3n) is 1.22. The molecule has 0 fully saturated rings. The van der Waals surface area contributed by atoms with Gasteiger partial charge in [0.15, 0.2) is 5.75 Å². The molecular formula is C7H4ClNO4. The lowest BCUT2D eigenvalue weighted by atomic mass is 10.3. The Morgan fingerprint density at radius 1 is 1.46 bits per heavy atom. The molecule has 0 bridgehead atoms. The topological polar surface area (TPSA) is 52.3 Å². The third-order valence-corrected chi connectivity index (χ3v) is 1.52. The van der Waals surface area contributed by atoms with Crippen molar-refractivity contribution in [3.05, 3.63) is 34.6 Å². The number of hydrogen-bond acceptors (Lipinski definition) is 4. The molecule has 0 amide bonds. The number of rotatable bonds is 3. The second kappa shape index (κ2) is 4.64. The lowest BCUT2D eigenvalue weighted by Gasteiger charge is -2.02. The van der Waals surface area contributed by atoms with Crippen LogP contribution in [0.1, 0.15) is 0 Å². The Hall–Kier alpha value is -1.32. The standard InChI is InChI=1S/C7H4ClNO4/c1-9-7-5(8)3-2-4-6(7)11-13-12-10/h2-4,10H. The number of para-hydroxylation sites is 1. The maximum absolute atomic E-state index is 7.80. The molecule has 13 heavy (non-hydrogen) atoms. The van der Waals surface area contributed by atoms with Crippen LogP contribution >= 0.6 is 11.6 Å². The summed E-state index contributed by atoms with van der Waals surface area (Å²) < 4.78 is 0. The lowest BCUT2D eigenvalue weighted by Crippen LogP contribution is -1.95. The molecule has 0 aromatic heterocycles. The van der Waals surface area contributed by atoms with E-state index < -0.39 is 0 Å². The Balaban J connectivity index is 2.93. The highest BCUT2D eigenvalue weighted by atomic mass is 35.5. The molecule has 1 aromatic rings. The van der Waals surface area contributed by atoms with Gasteiger partial charge in [0.2, 0.25) is 5.69 Å². The lowest BCUT2D eigenvalue weighted by molar-refractivity contribution is -0.593. The van der Waals surface area contributed by atoms with Crippen molar-refractivity contribution < 1.29 is 20.2 Å². The average Bonchev–Trinajstić information content (AvgIpc) is 2.15. The second-order valence-corrected chi connectivity index (χ2v) is 2.33. The number of hydrogen-bond donors (Lipinski definition) is 1. The van der Waals surface area contributed by atoms with Gasteiger partial charge in [-0.2, -0.15) is 0 Å². The smallest absolute Gasteiger partial charge is 0.250 e. The van der Waals surface area contributed by atoms with Crippen LogP contribution in [0, 0.1) is 6.57 Å². The minimum absolute atomic E-state index is 0.0663. The summed E-state index contributed by atoms with van der Waals surface area (Å²) in [6.07, 6.45) is 0. The Morgan fingerprint density at radius 3 is 2.85 bits per heavy atom. The van der Waals surface area contributed by atoms with Crippen LogP contribution in [0.2, 0.25) is 5.02 Å². The molecule has 1 N–H and O–H groups in total. The predicted octanol–water partition coefficient (Wildman–Crippen LogP) is 2.61. The van der Waals surface area contributed by atoms with Gasteiger partial charge in [-0.25, -0.2) is 10.1 Å². The van der Waals surface area contributed by atoms with Gasteiger partial charge in [0.25, 0.3) is 0 Å². The van der Waals surface area contributed by atoms with Crippen molar-refractivity contribution >= 4 is 17.3 Å². The summed E-state index contributed by atoms with van der Waals surface area (Å²) in [5.74, 6) is 0.0663. The SMILES string of the molecule is [C-]#[N+]c1c(Cl)cccc1OOOO. The summed E-state index contributed by atoms with van der Waals surface area (Å²) >= 11 is 5.66. The summed E-state index contributed by atoms with van der Waals surface area (Å²) in [7, 11) is 0. The van der Waals surface area contributed by atoms with Crippen molar-refractivity contribution in [3.8, 4) is 5.75 Å². The van der Waals surface area contributed by atoms with Gasteiger partial charge in [-0.1, -0.05) is 23.7 Å². The van der Waals surface area contributed by atoms with E-state index in [0.717, 1.165) is 0 Å². The van der Waals surface area contributed by atoms with Crippen molar-refractivity contribution in [2.45, 2.75) is 0 Å². The molecule has 1 aromatic carbocycles. The number of halogens is 1. The fourth-order valence-corrected chi connectivity index (χ4v) is 0.931. The van der Waals surface area contributed by atoms with Crippen LogP contribution in [0.25, 0.3) is 4.85 Å².